The third-order valence-corrected chi connectivity index (χ3v) is 5.53. The number of nitrogens with zero attached hydrogens (tertiary/aromatic N) is 3. The van der Waals surface area contributed by atoms with Crippen molar-refractivity contribution in [2.75, 3.05) is 6.54 Å². The number of aromatic carboxylic acids is 1. The Bertz CT molecular complexity index is 1170. The summed E-state index contributed by atoms with van der Waals surface area (Å²) in [5.74, 6) is 0.0351. The van der Waals surface area contributed by atoms with Gasteiger partial charge in [-0.3, -0.25) is 14.7 Å². The van der Waals surface area contributed by atoms with Crippen LogP contribution in [-0.4, -0.2) is 38.6 Å². The number of aromatic nitrogens is 1. The molecule has 7 nitrogen and oxygen atoms in total. The fourth-order valence-electron chi connectivity index (χ4n) is 3.03. The summed E-state index contributed by atoms with van der Waals surface area (Å²) in [6.45, 7) is 2.58. The van der Waals surface area contributed by atoms with Crippen LogP contribution in [0.4, 0.5) is 5.69 Å². The number of carboxylic acid groups (broad SMARTS) is 1. The zero-order chi connectivity index (χ0) is 21.8. The molecular formula is C23H19N3O4S. The van der Waals surface area contributed by atoms with E-state index in [4.69, 9.17) is 9.52 Å². The number of pyridine rings is 1. The molecule has 4 rings (SSSR count). The molecule has 0 atom stereocenters. The highest BCUT2D eigenvalue weighted by molar-refractivity contribution is 8.18. The molecule has 156 valence electrons. The Balaban J connectivity index is 1.59. The van der Waals surface area contributed by atoms with E-state index in [9.17, 15) is 9.59 Å². The molecule has 1 N–H and O–H groups in total. The number of carbonyl (C=O) groups excluding carboxylic acids is 1. The normalized spacial score (nSPS) is 16.4. The van der Waals surface area contributed by atoms with Gasteiger partial charge in [0.25, 0.3) is 5.91 Å². The van der Waals surface area contributed by atoms with E-state index in [0.717, 1.165) is 12.0 Å². The molecule has 3 heterocycles. The van der Waals surface area contributed by atoms with Crippen LogP contribution >= 0.6 is 11.8 Å². The Kier molecular flexibility index (Phi) is 5.99. The second-order valence-corrected chi connectivity index (χ2v) is 7.77. The molecule has 0 bridgehead atoms. The summed E-state index contributed by atoms with van der Waals surface area (Å²) in [5.41, 5.74) is 1.65. The number of furan rings is 1. The Morgan fingerprint density at radius 3 is 2.71 bits per heavy atom. The molecule has 0 aliphatic carbocycles. The fraction of sp³-hybridized carbons (Fsp3) is 0.130. The van der Waals surface area contributed by atoms with Crippen LogP contribution in [0.5, 0.6) is 0 Å². The van der Waals surface area contributed by atoms with E-state index in [1.807, 2.05) is 13.0 Å². The van der Waals surface area contributed by atoms with Crippen LogP contribution in [0.1, 0.15) is 29.5 Å². The van der Waals surface area contributed by atoms with E-state index < -0.39 is 5.97 Å². The predicted octanol–water partition coefficient (Wildman–Crippen LogP) is 5.05. The molecule has 31 heavy (non-hydrogen) atoms. The number of thioether (sulfide) groups is 1. The number of hydrogen-bond donors (Lipinski definition) is 1. The number of hydrogen-bond acceptors (Lipinski definition) is 6. The van der Waals surface area contributed by atoms with Gasteiger partial charge in [-0.1, -0.05) is 19.1 Å². The maximum absolute atomic E-state index is 12.9. The molecular weight excluding hydrogens is 414 g/mol. The number of carboxylic acids is 1. The standard InChI is InChI=1S/C23H19N3O4S/c1-2-12-26-21(27)20(31-23(26)25-17-4-3-11-24-14-17)13-18-9-10-19(30-18)15-5-7-16(8-6-15)22(28)29/h3-11,13-14H,2,12H2,1H3,(H,28,29)/b20-13-,25-23?. The average Bonchev–Trinajstić information content (AvgIpc) is 3.35. The molecule has 1 saturated heterocycles. The van der Waals surface area contributed by atoms with Gasteiger partial charge in [0.05, 0.1) is 22.4 Å². The van der Waals surface area contributed by atoms with Crippen LogP contribution in [0.2, 0.25) is 0 Å². The first-order valence-corrected chi connectivity index (χ1v) is 10.5. The van der Waals surface area contributed by atoms with Crippen molar-refractivity contribution in [3.63, 3.8) is 0 Å². The van der Waals surface area contributed by atoms with E-state index in [-0.39, 0.29) is 11.5 Å². The van der Waals surface area contributed by atoms with E-state index >= 15 is 0 Å². The first kappa shape index (κ1) is 20.6. The predicted molar refractivity (Wildman–Crippen MR) is 120 cm³/mol. The van der Waals surface area contributed by atoms with Crippen molar-refractivity contribution in [3.8, 4) is 11.3 Å². The molecule has 1 aliphatic rings. The van der Waals surface area contributed by atoms with Crippen molar-refractivity contribution in [2.24, 2.45) is 4.99 Å². The SMILES string of the molecule is CCCN1C(=O)/C(=C/c2ccc(-c3ccc(C(=O)O)cc3)o2)SC1=Nc1cccnc1. The van der Waals surface area contributed by atoms with Gasteiger partial charge in [0, 0.05) is 24.4 Å². The lowest BCUT2D eigenvalue weighted by Crippen LogP contribution is -2.29. The van der Waals surface area contributed by atoms with Crippen LogP contribution < -0.4 is 0 Å². The van der Waals surface area contributed by atoms with Crippen LogP contribution in [-0.2, 0) is 4.79 Å². The summed E-state index contributed by atoms with van der Waals surface area (Å²) in [6, 6.07) is 13.6. The molecule has 3 aromatic rings. The number of amides is 1. The second kappa shape index (κ2) is 9.01. The molecule has 8 heteroatoms. The van der Waals surface area contributed by atoms with E-state index in [2.05, 4.69) is 9.98 Å². The summed E-state index contributed by atoms with van der Waals surface area (Å²) in [6.07, 6.45) is 5.84. The molecule has 0 unspecified atom stereocenters. The first-order valence-electron chi connectivity index (χ1n) is 9.69. The van der Waals surface area contributed by atoms with Gasteiger partial charge in [0.15, 0.2) is 5.17 Å². The molecule has 0 radical (unpaired) electrons. The summed E-state index contributed by atoms with van der Waals surface area (Å²) >= 11 is 1.30. The van der Waals surface area contributed by atoms with Crippen molar-refractivity contribution >= 4 is 40.6 Å². The molecule has 0 saturated carbocycles. The largest absolute Gasteiger partial charge is 0.478 e. The summed E-state index contributed by atoms with van der Waals surface area (Å²) < 4.78 is 5.87. The second-order valence-electron chi connectivity index (χ2n) is 6.76. The molecule has 0 spiro atoms. The number of aliphatic imine (C=N–C) groups is 1. The van der Waals surface area contributed by atoms with Crippen molar-refractivity contribution in [2.45, 2.75) is 13.3 Å². The third kappa shape index (κ3) is 4.59. The highest BCUT2D eigenvalue weighted by atomic mass is 32.2. The van der Waals surface area contributed by atoms with Gasteiger partial charge >= 0.3 is 5.97 Å². The Morgan fingerprint density at radius 2 is 2.03 bits per heavy atom. The van der Waals surface area contributed by atoms with E-state index in [0.29, 0.717) is 33.8 Å². The molecule has 1 aromatic carbocycles. The number of carbonyl (C=O) groups is 2. The van der Waals surface area contributed by atoms with Gasteiger partial charge in [-0.15, -0.1) is 0 Å². The lowest BCUT2D eigenvalue weighted by Gasteiger charge is -2.13. The first-order chi connectivity index (χ1) is 15.0. The van der Waals surface area contributed by atoms with Crippen LogP contribution in [0.25, 0.3) is 17.4 Å². The molecule has 1 fully saturated rings. The maximum Gasteiger partial charge on any atom is 0.335 e. The fourth-order valence-corrected chi connectivity index (χ4v) is 4.04. The van der Waals surface area contributed by atoms with Gasteiger partial charge in [0.1, 0.15) is 11.5 Å². The Hall–Kier alpha value is -3.65. The van der Waals surface area contributed by atoms with Crippen LogP contribution in [0.15, 0.2) is 75.2 Å². The summed E-state index contributed by atoms with van der Waals surface area (Å²) in [5, 5.41) is 9.64. The summed E-state index contributed by atoms with van der Waals surface area (Å²) in [7, 11) is 0. The van der Waals surface area contributed by atoms with Gasteiger partial charge in [0.2, 0.25) is 0 Å². The number of rotatable bonds is 6. The minimum absolute atomic E-state index is 0.113. The van der Waals surface area contributed by atoms with Crippen molar-refractivity contribution in [3.05, 3.63) is 77.2 Å². The Morgan fingerprint density at radius 1 is 1.23 bits per heavy atom. The number of benzene rings is 1. The lowest BCUT2D eigenvalue weighted by molar-refractivity contribution is -0.122. The van der Waals surface area contributed by atoms with Crippen molar-refractivity contribution < 1.29 is 19.1 Å². The highest BCUT2D eigenvalue weighted by Crippen LogP contribution is 2.35. The lowest BCUT2D eigenvalue weighted by atomic mass is 10.1. The van der Waals surface area contributed by atoms with E-state index in [1.54, 1.807) is 53.7 Å². The summed E-state index contributed by atoms with van der Waals surface area (Å²) in [4.78, 5) is 34.8. The zero-order valence-corrected chi connectivity index (χ0v) is 17.5. The minimum atomic E-state index is -0.978. The van der Waals surface area contributed by atoms with Gasteiger partial charge < -0.3 is 9.52 Å². The van der Waals surface area contributed by atoms with Gasteiger partial charge in [-0.25, -0.2) is 9.79 Å². The highest BCUT2D eigenvalue weighted by Gasteiger charge is 2.33. The van der Waals surface area contributed by atoms with Crippen molar-refractivity contribution in [1.29, 1.82) is 0 Å². The van der Waals surface area contributed by atoms with Gasteiger partial charge in [-0.2, -0.15) is 0 Å². The maximum atomic E-state index is 12.9. The van der Waals surface area contributed by atoms with Crippen LogP contribution in [0, 0.1) is 0 Å². The zero-order valence-electron chi connectivity index (χ0n) is 16.7. The quantitative estimate of drug-likeness (QED) is 0.546. The van der Waals surface area contributed by atoms with E-state index in [1.165, 1.54) is 23.9 Å². The minimum Gasteiger partial charge on any atom is -0.478 e. The topological polar surface area (TPSA) is 96.0 Å². The van der Waals surface area contributed by atoms with Gasteiger partial charge in [-0.05, 0) is 54.6 Å². The monoisotopic (exact) mass is 433 g/mol. The molecule has 2 aromatic heterocycles. The third-order valence-electron chi connectivity index (χ3n) is 4.52. The Labute approximate surface area is 183 Å². The van der Waals surface area contributed by atoms with Crippen LogP contribution in [0.3, 0.4) is 0 Å². The smallest absolute Gasteiger partial charge is 0.335 e. The van der Waals surface area contributed by atoms with Crippen molar-refractivity contribution in [1.82, 2.24) is 9.88 Å². The number of amidine groups is 1. The molecule has 1 aliphatic heterocycles. The molecule has 1 amide bonds. The average molecular weight is 433 g/mol.